The molecule has 5 heteroatoms. The molecule has 4 nitrogen and oxygen atoms in total. The van der Waals surface area contributed by atoms with Crippen LogP contribution in [0.5, 0.6) is 0 Å². The molecule has 0 spiro atoms. The van der Waals surface area contributed by atoms with Gasteiger partial charge in [0, 0.05) is 5.69 Å². The Kier molecular flexibility index (Phi) is 2.40. The van der Waals surface area contributed by atoms with Crippen molar-refractivity contribution in [1.29, 1.82) is 0 Å². The number of hydrogen-bond acceptors (Lipinski definition) is 3. The minimum Gasteiger partial charge on any atom is -0.399 e. The fourth-order valence-corrected chi connectivity index (χ4v) is 1.64. The van der Waals surface area contributed by atoms with Crippen LogP contribution in [0, 0.1) is 0 Å². The topological polar surface area (TPSA) is 80.4 Å². The van der Waals surface area contributed by atoms with E-state index in [4.69, 9.17) is 10.3 Å². The SMILES string of the molecule is C=Cc1cc(N)ccc1S(=O)(=O)O. The van der Waals surface area contributed by atoms with E-state index in [1.165, 1.54) is 24.3 Å². The zero-order valence-corrected chi connectivity index (χ0v) is 7.58. The van der Waals surface area contributed by atoms with E-state index in [-0.39, 0.29) is 4.90 Å². The highest BCUT2D eigenvalue weighted by Crippen LogP contribution is 2.19. The van der Waals surface area contributed by atoms with Gasteiger partial charge < -0.3 is 5.73 Å². The van der Waals surface area contributed by atoms with Crippen LogP contribution in [0.1, 0.15) is 5.56 Å². The van der Waals surface area contributed by atoms with Gasteiger partial charge in [0.05, 0.1) is 0 Å². The molecule has 1 aromatic rings. The molecule has 0 unspecified atom stereocenters. The molecule has 0 aliphatic carbocycles. The molecule has 3 N–H and O–H groups in total. The quantitative estimate of drug-likeness (QED) is 0.553. The van der Waals surface area contributed by atoms with Gasteiger partial charge in [-0.2, -0.15) is 8.42 Å². The summed E-state index contributed by atoms with van der Waals surface area (Å²) in [7, 11) is -4.19. The molecule has 0 saturated carbocycles. The lowest BCUT2D eigenvalue weighted by Gasteiger charge is -2.02. The molecule has 0 radical (unpaired) electrons. The third kappa shape index (κ3) is 2.07. The fraction of sp³-hybridized carbons (Fsp3) is 0. The van der Waals surface area contributed by atoms with Crippen LogP contribution in [0.4, 0.5) is 5.69 Å². The molecule has 0 aromatic heterocycles. The van der Waals surface area contributed by atoms with Crippen LogP contribution in [0.3, 0.4) is 0 Å². The van der Waals surface area contributed by atoms with Gasteiger partial charge in [-0.05, 0) is 23.8 Å². The Labute approximate surface area is 76.4 Å². The van der Waals surface area contributed by atoms with Gasteiger partial charge in [0.25, 0.3) is 10.1 Å². The minimum absolute atomic E-state index is 0.184. The lowest BCUT2D eigenvalue weighted by Crippen LogP contribution is -2.01. The van der Waals surface area contributed by atoms with Crippen LogP contribution in [-0.4, -0.2) is 13.0 Å². The minimum atomic E-state index is -4.19. The number of benzene rings is 1. The molecule has 0 fully saturated rings. The van der Waals surface area contributed by atoms with E-state index in [0.29, 0.717) is 11.3 Å². The van der Waals surface area contributed by atoms with Gasteiger partial charge in [0.2, 0.25) is 0 Å². The summed E-state index contributed by atoms with van der Waals surface area (Å²) in [4.78, 5) is -0.184. The summed E-state index contributed by atoms with van der Waals surface area (Å²) in [6, 6.07) is 4.06. The molecule has 0 atom stereocenters. The van der Waals surface area contributed by atoms with Crippen molar-refractivity contribution < 1.29 is 13.0 Å². The van der Waals surface area contributed by atoms with Crippen molar-refractivity contribution in [2.75, 3.05) is 5.73 Å². The Bertz CT molecular complexity index is 437. The first-order chi connectivity index (χ1) is 5.95. The number of anilines is 1. The number of nitrogens with two attached hydrogens (primary N) is 1. The Morgan fingerprint density at radius 3 is 2.54 bits per heavy atom. The first kappa shape index (κ1) is 9.76. The second-order valence-electron chi connectivity index (χ2n) is 2.48. The summed E-state index contributed by atoms with van der Waals surface area (Å²) in [5.41, 5.74) is 6.13. The van der Waals surface area contributed by atoms with Crippen molar-refractivity contribution in [3.63, 3.8) is 0 Å². The summed E-state index contributed by atoms with van der Waals surface area (Å²) in [6.45, 7) is 3.42. The van der Waals surface area contributed by atoms with Crippen LogP contribution < -0.4 is 5.73 Å². The summed E-state index contributed by atoms with van der Waals surface area (Å²) in [6.07, 6.45) is 1.32. The zero-order chi connectivity index (χ0) is 10.1. The fourth-order valence-electron chi connectivity index (χ4n) is 0.961. The first-order valence-electron chi connectivity index (χ1n) is 3.44. The van der Waals surface area contributed by atoms with Crippen molar-refractivity contribution >= 4 is 21.9 Å². The van der Waals surface area contributed by atoms with Gasteiger partial charge in [-0.15, -0.1) is 0 Å². The predicted octanol–water partition coefficient (Wildman–Crippen LogP) is 1.16. The normalized spacial score (nSPS) is 11.2. The smallest absolute Gasteiger partial charge is 0.295 e. The van der Waals surface area contributed by atoms with Crippen molar-refractivity contribution in [2.24, 2.45) is 0 Å². The largest absolute Gasteiger partial charge is 0.399 e. The van der Waals surface area contributed by atoms with E-state index < -0.39 is 10.1 Å². The zero-order valence-electron chi connectivity index (χ0n) is 6.77. The van der Waals surface area contributed by atoms with Gasteiger partial charge >= 0.3 is 0 Å². The molecule has 0 heterocycles. The van der Waals surface area contributed by atoms with Crippen molar-refractivity contribution in [3.8, 4) is 0 Å². The number of nitrogen functional groups attached to an aromatic ring is 1. The van der Waals surface area contributed by atoms with Crippen LogP contribution in [0.2, 0.25) is 0 Å². The molecule has 0 aliphatic rings. The van der Waals surface area contributed by atoms with Crippen LogP contribution in [0.25, 0.3) is 6.08 Å². The predicted molar refractivity (Wildman–Crippen MR) is 50.8 cm³/mol. The Balaban J connectivity index is 3.47. The lowest BCUT2D eigenvalue weighted by atomic mass is 10.2. The Morgan fingerprint density at radius 1 is 1.46 bits per heavy atom. The maximum atomic E-state index is 10.8. The van der Waals surface area contributed by atoms with E-state index in [9.17, 15) is 8.42 Å². The maximum Gasteiger partial charge on any atom is 0.295 e. The van der Waals surface area contributed by atoms with Gasteiger partial charge in [-0.25, -0.2) is 0 Å². The summed E-state index contributed by atoms with van der Waals surface area (Å²) >= 11 is 0. The van der Waals surface area contributed by atoms with Crippen LogP contribution >= 0.6 is 0 Å². The second-order valence-corrected chi connectivity index (χ2v) is 3.87. The first-order valence-corrected chi connectivity index (χ1v) is 4.88. The van der Waals surface area contributed by atoms with Gasteiger partial charge in [-0.1, -0.05) is 12.7 Å². The second kappa shape index (κ2) is 3.20. The highest BCUT2D eigenvalue weighted by atomic mass is 32.2. The van der Waals surface area contributed by atoms with Crippen molar-refractivity contribution in [1.82, 2.24) is 0 Å². The number of hydrogen-bond donors (Lipinski definition) is 2. The van der Waals surface area contributed by atoms with E-state index in [2.05, 4.69) is 6.58 Å². The monoisotopic (exact) mass is 199 g/mol. The standard InChI is InChI=1S/C8H9NO3S/c1-2-6-5-7(9)3-4-8(6)13(10,11)12/h2-5H,1,9H2,(H,10,11,12). The Hall–Kier alpha value is -1.33. The van der Waals surface area contributed by atoms with Gasteiger partial charge in [-0.3, -0.25) is 4.55 Å². The third-order valence-electron chi connectivity index (χ3n) is 1.53. The average Bonchev–Trinajstić information content (AvgIpc) is 2.01. The highest BCUT2D eigenvalue weighted by Gasteiger charge is 2.12. The van der Waals surface area contributed by atoms with Crippen LogP contribution in [-0.2, 0) is 10.1 Å². The van der Waals surface area contributed by atoms with E-state index >= 15 is 0 Å². The Morgan fingerprint density at radius 2 is 2.08 bits per heavy atom. The lowest BCUT2D eigenvalue weighted by molar-refractivity contribution is 0.483. The molecular formula is C8H9NO3S. The van der Waals surface area contributed by atoms with E-state index in [1.807, 2.05) is 0 Å². The molecule has 0 amide bonds. The molecule has 1 rings (SSSR count). The highest BCUT2D eigenvalue weighted by molar-refractivity contribution is 7.85. The molecule has 0 bridgehead atoms. The molecule has 1 aromatic carbocycles. The maximum absolute atomic E-state index is 10.8. The average molecular weight is 199 g/mol. The van der Waals surface area contributed by atoms with E-state index in [0.717, 1.165) is 0 Å². The van der Waals surface area contributed by atoms with Gasteiger partial charge in [0.1, 0.15) is 4.90 Å². The summed E-state index contributed by atoms with van der Waals surface area (Å²) < 4.78 is 30.4. The van der Waals surface area contributed by atoms with Crippen molar-refractivity contribution in [2.45, 2.75) is 4.90 Å². The molecule has 0 aliphatic heterocycles. The summed E-state index contributed by atoms with van der Waals surface area (Å²) in [5, 5.41) is 0. The summed E-state index contributed by atoms with van der Waals surface area (Å²) in [5.74, 6) is 0. The molecule has 70 valence electrons. The number of rotatable bonds is 2. The van der Waals surface area contributed by atoms with Gasteiger partial charge in [0.15, 0.2) is 0 Å². The molecule has 13 heavy (non-hydrogen) atoms. The van der Waals surface area contributed by atoms with Crippen molar-refractivity contribution in [3.05, 3.63) is 30.3 Å². The van der Waals surface area contributed by atoms with E-state index in [1.54, 1.807) is 0 Å². The third-order valence-corrected chi connectivity index (χ3v) is 2.46. The molecular weight excluding hydrogens is 190 g/mol. The van der Waals surface area contributed by atoms with Crippen LogP contribution in [0.15, 0.2) is 29.7 Å². The molecule has 0 saturated heterocycles.